The molecule has 1 aromatic heterocycles. The maximum atomic E-state index is 12.0. The summed E-state index contributed by atoms with van der Waals surface area (Å²) in [6, 6.07) is 12.9. The molecule has 0 unspecified atom stereocenters. The van der Waals surface area contributed by atoms with Crippen LogP contribution >= 0.6 is 11.6 Å². The Morgan fingerprint density at radius 3 is 2.54 bits per heavy atom. The predicted molar refractivity (Wildman–Crippen MR) is 118 cm³/mol. The molecule has 2 aromatic carbocycles. The third-order valence-electron chi connectivity index (χ3n) is 5.85. The Morgan fingerprint density at radius 2 is 1.79 bits per heavy atom. The number of fused-ring (bicyclic) bond motifs is 1. The summed E-state index contributed by atoms with van der Waals surface area (Å²) in [5, 5.41) is 4.30. The lowest BCUT2D eigenvalue weighted by Crippen LogP contribution is -2.14. The van der Waals surface area contributed by atoms with Crippen LogP contribution in [-0.2, 0) is 4.79 Å². The molecule has 0 spiro atoms. The minimum absolute atomic E-state index is 0.0469. The number of aromatic nitrogens is 1. The normalized spacial score (nSPS) is 15.1. The number of alkyl halides is 1. The highest BCUT2D eigenvalue weighted by molar-refractivity contribution is 6.29. The summed E-state index contributed by atoms with van der Waals surface area (Å²) in [7, 11) is 0. The number of rotatable bonds is 4. The van der Waals surface area contributed by atoms with Crippen LogP contribution in [-0.4, -0.2) is 16.8 Å². The number of anilines is 1. The summed E-state index contributed by atoms with van der Waals surface area (Å²) < 4.78 is 0. The van der Waals surface area contributed by atoms with Gasteiger partial charge in [-0.1, -0.05) is 43.5 Å². The molecule has 146 valence electrons. The molecule has 3 aromatic rings. The van der Waals surface area contributed by atoms with Gasteiger partial charge in [-0.25, -0.2) is 0 Å². The molecule has 4 heteroatoms. The van der Waals surface area contributed by atoms with Crippen molar-refractivity contribution < 1.29 is 4.79 Å². The van der Waals surface area contributed by atoms with E-state index in [1.807, 2.05) is 13.0 Å². The van der Waals surface area contributed by atoms with Gasteiger partial charge < -0.3 is 10.3 Å². The van der Waals surface area contributed by atoms with Gasteiger partial charge in [-0.3, -0.25) is 4.79 Å². The molecule has 0 aliphatic heterocycles. The van der Waals surface area contributed by atoms with E-state index in [1.165, 1.54) is 54.1 Å². The number of aromatic amines is 1. The first-order chi connectivity index (χ1) is 13.6. The third-order valence-corrected chi connectivity index (χ3v) is 6.09. The van der Waals surface area contributed by atoms with Crippen LogP contribution in [0.1, 0.15) is 54.7 Å². The number of amides is 1. The molecule has 2 N–H and O–H groups in total. The van der Waals surface area contributed by atoms with Gasteiger partial charge in [0.25, 0.3) is 0 Å². The topological polar surface area (TPSA) is 44.9 Å². The summed E-state index contributed by atoms with van der Waals surface area (Å²) in [5.41, 5.74) is 7.93. The molecule has 1 saturated carbocycles. The van der Waals surface area contributed by atoms with E-state index in [1.54, 1.807) is 0 Å². The van der Waals surface area contributed by atoms with Crippen molar-refractivity contribution in [2.24, 2.45) is 0 Å². The molecule has 0 saturated heterocycles. The molecular formula is C24H27ClN2O. The molecule has 0 radical (unpaired) electrons. The minimum atomic E-state index is -0.181. The van der Waals surface area contributed by atoms with E-state index in [-0.39, 0.29) is 11.8 Å². The second kappa shape index (κ2) is 8.00. The lowest BCUT2D eigenvalue weighted by atomic mass is 9.81. The average molecular weight is 395 g/mol. The molecular weight excluding hydrogens is 368 g/mol. The zero-order valence-corrected chi connectivity index (χ0v) is 17.3. The number of carbonyl (C=O) groups excluding carboxylic acids is 1. The standard InChI is InChI=1S/C24H27ClN2O/c1-15-8-10-18-20(12-15)27-24(23(18)17-6-4-3-5-7-17)19-11-9-16(2)13-21(19)26-22(28)14-25/h8-13,17,27H,3-7,14H2,1-2H3,(H,26,28). The molecule has 4 rings (SSSR count). The van der Waals surface area contributed by atoms with E-state index in [2.05, 4.69) is 47.6 Å². The number of H-pyrrole nitrogens is 1. The summed E-state index contributed by atoms with van der Waals surface area (Å²) in [4.78, 5) is 15.7. The van der Waals surface area contributed by atoms with E-state index in [0.717, 1.165) is 22.5 Å². The SMILES string of the molecule is Cc1ccc(-c2[nH]c3cc(C)ccc3c2C2CCCCC2)c(NC(=O)CCl)c1. The van der Waals surface area contributed by atoms with Crippen molar-refractivity contribution in [3.05, 3.63) is 53.1 Å². The predicted octanol–water partition coefficient (Wildman–Crippen LogP) is 6.68. The van der Waals surface area contributed by atoms with Gasteiger partial charge in [0.2, 0.25) is 5.91 Å². The van der Waals surface area contributed by atoms with E-state index in [9.17, 15) is 4.79 Å². The number of hydrogen-bond acceptors (Lipinski definition) is 1. The summed E-state index contributed by atoms with van der Waals surface area (Å²) in [5.74, 6) is 0.326. The van der Waals surface area contributed by atoms with Crippen LogP contribution < -0.4 is 5.32 Å². The van der Waals surface area contributed by atoms with Crippen LogP contribution in [0.2, 0.25) is 0 Å². The van der Waals surface area contributed by atoms with Crippen molar-refractivity contribution >= 4 is 34.1 Å². The van der Waals surface area contributed by atoms with Crippen LogP contribution in [0.5, 0.6) is 0 Å². The van der Waals surface area contributed by atoms with Gasteiger partial charge in [-0.15, -0.1) is 11.6 Å². The van der Waals surface area contributed by atoms with Crippen LogP contribution in [0.25, 0.3) is 22.2 Å². The molecule has 0 atom stereocenters. The van der Waals surface area contributed by atoms with Gasteiger partial charge in [0.1, 0.15) is 5.88 Å². The fourth-order valence-electron chi connectivity index (χ4n) is 4.52. The monoisotopic (exact) mass is 394 g/mol. The lowest BCUT2D eigenvalue weighted by molar-refractivity contribution is -0.113. The van der Waals surface area contributed by atoms with E-state index in [4.69, 9.17) is 11.6 Å². The number of benzene rings is 2. The van der Waals surface area contributed by atoms with Crippen molar-refractivity contribution in [3.63, 3.8) is 0 Å². The Kier molecular flexibility index (Phi) is 5.45. The second-order valence-electron chi connectivity index (χ2n) is 8.03. The fourth-order valence-corrected chi connectivity index (χ4v) is 4.59. The minimum Gasteiger partial charge on any atom is -0.354 e. The molecule has 1 amide bonds. The third kappa shape index (κ3) is 3.68. The first kappa shape index (κ1) is 19.1. The molecule has 3 nitrogen and oxygen atoms in total. The van der Waals surface area contributed by atoms with Gasteiger partial charge in [0.15, 0.2) is 0 Å². The van der Waals surface area contributed by atoms with E-state index < -0.39 is 0 Å². The number of hydrogen-bond donors (Lipinski definition) is 2. The van der Waals surface area contributed by atoms with Crippen molar-refractivity contribution in [2.75, 3.05) is 11.2 Å². The zero-order valence-electron chi connectivity index (χ0n) is 16.6. The van der Waals surface area contributed by atoms with E-state index >= 15 is 0 Å². The van der Waals surface area contributed by atoms with Crippen LogP contribution in [0.3, 0.4) is 0 Å². The van der Waals surface area contributed by atoms with Gasteiger partial charge in [0.05, 0.1) is 11.4 Å². The highest BCUT2D eigenvalue weighted by atomic mass is 35.5. The Morgan fingerprint density at radius 1 is 1.07 bits per heavy atom. The Labute approximate surface area is 171 Å². The highest BCUT2D eigenvalue weighted by Crippen LogP contribution is 2.44. The summed E-state index contributed by atoms with van der Waals surface area (Å²) >= 11 is 5.75. The number of aryl methyl sites for hydroxylation is 2. The Bertz CT molecular complexity index is 1010. The maximum Gasteiger partial charge on any atom is 0.239 e. The summed E-state index contributed by atoms with van der Waals surface area (Å²) in [6.07, 6.45) is 6.35. The van der Waals surface area contributed by atoms with Crippen molar-refractivity contribution in [3.8, 4) is 11.3 Å². The lowest BCUT2D eigenvalue weighted by Gasteiger charge is -2.23. The molecule has 1 fully saturated rings. The molecule has 1 aliphatic rings. The van der Waals surface area contributed by atoms with Crippen LogP contribution in [0.4, 0.5) is 5.69 Å². The molecule has 0 bridgehead atoms. The van der Waals surface area contributed by atoms with Gasteiger partial charge in [-0.05, 0) is 61.4 Å². The highest BCUT2D eigenvalue weighted by Gasteiger charge is 2.25. The van der Waals surface area contributed by atoms with Gasteiger partial charge in [-0.2, -0.15) is 0 Å². The zero-order chi connectivity index (χ0) is 19.7. The second-order valence-corrected chi connectivity index (χ2v) is 8.30. The van der Waals surface area contributed by atoms with Crippen molar-refractivity contribution in [1.29, 1.82) is 0 Å². The average Bonchev–Trinajstić information content (AvgIpc) is 3.06. The van der Waals surface area contributed by atoms with E-state index in [0.29, 0.717) is 5.92 Å². The van der Waals surface area contributed by atoms with Crippen molar-refractivity contribution in [1.82, 2.24) is 4.98 Å². The maximum absolute atomic E-state index is 12.0. The molecule has 1 heterocycles. The summed E-state index contributed by atoms with van der Waals surface area (Å²) in [6.45, 7) is 4.16. The Hall–Kier alpha value is -2.26. The quantitative estimate of drug-likeness (QED) is 0.476. The number of carbonyl (C=O) groups is 1. The van der Waals surface area contributed by atoms with Gasteiger partial charge in [0, 0.05) is 16.5 Å². The smallest absolute Gasteiger partial charge is 0.239 e. The Balaban J connectivity index is 1.92. The molecule has 1 aliphatic carbocycles. The fraction of sp³-hybridized carbons (Fsp3) is 0.375. The van der Waals surface area contributed by atoms with Crippen LogP contribution in [0, 0.1) is 13.8 Å². The first-order valence-corrected chi connectivity index (χ1v) is 10.7. The van der Waals surface area contributed by atoms with Crippen molar-refractivity contribution in [2.45, 2.75) is 51.9 Å². The number of halogens is 1. The van der Waals surface area contributed by atoms with Gasteiger partial charge >= 0.3 is 0 Å². The first-order valence-electron chi connectivity index (χ1n) is 10.2. The largest absolute Gasteiger partial charge is 0.354 e. The van der Waals surface area contributed by atoms with Crippen LogP contribution in [0.15, 0.2) is 36.4 Å². The number of nitrogens with one attached hydrogen (secondary N) is 2. The molecule has 28 heavy (non-hydrogen) atoms.